The first-order valence-electron chi connectivity index (χ1n) is 4.43. The lowest BCUT2D eigenvalue weighted by Gasteiger charge is -2.08. The number of ether oxygens (including phenoxy) is 2. The van der Waals surface area contributed by atoms with Crippen LogP contribution in [0.25, 0.3) is 0 Å². The van der Waals surface area contributed by atoms with E-state index in [1.807, 2.05) is 0 Å². The summed E-state index contributed by atoms with van der Waals surface area (Å²) in [5.41, 5.74) is 0. The largest absolute Gasteiger partial charge is 0.707 e. The highest BCUT2D eigenvalue weighted by Gasteiger charge is 2.16. The first-order valence-corrected chi connectivity index (χ1v) is 4.43. The van der Waals surface area contributed by atoms with Crippen LogP contribution in [0.4, 0.5) is 4.39 Å². The van der Waals surface area contributed by atoms with Crippen LogP contribution >= 0.6 is 0 Å². The number of methoxy groups -OCH3 is 1. The zero-order chi connectivity index (χ0) is 12.0. The van der Waals surface area contributed by atoms with E-state index in [1.165, 1.54) is 7.11 Å². The summed E-state index contributed by atoms with van der Waals surface area (Å²) in [7, 11) is -0.589. The molecule has 0 aliphatic heterocycles. The van der Waals surface area contributed by atoms with E-state index >= 15 is 0 Å². The highest BCUT2D eigenvalue weighted by atomic mass is 19.1. The van der Waals surface area contributed by atoms with Gasteiger partial charge in [-0.1, -0.05) is 0 Å². The molecular weight excluding hydrogens is 220 g/mol. The first kappa shape index (κ1) is 12.7. The SMILES string of the molecule is COCCOc1cnc(F)c(OB(O)O)c1. The fourth-order valence-corrected chi connectivity index (χ4v) is 0.928. The molecule has 0 amide bonds. The number of hydrogen-bond acceptors (Lipinski definition) is 6. The van der Waals surface area contributed by atoms with Crippen LogP contribution in [0.5, 0.6) is 11.5 Å². The van der Waals surface area contributed by atoms with Crippen LogP contribution in [0.1, 0.15) is 0 Å². The molecule has 6 nitrogen and oxygen atoms in total. The molecule has 1 heterocycles. The zero-order valence-corrected chi connectivity index (χ0v) is 8.59. The van der Waals surface area contributed by atoms with Gasteiger partial charge in [0.1, 0.15) is 12.4 Å². The van der Waals surface area contributed by atoms with Gasteiger partial charge in [-0.3, -0.25) is 0 Å². The van der Waals surface area contributed by atoms with E-state index < -0.39 is 19.0 Å². The number of hydrogen-bond donors (Lipinski definition) is 2. The van der Waals surface area contributed by atoms with E-state index in [1.54, 1.807) is 0 Å². The lowest BCUT2D eigenvalue weighted by atomic mass is 10.2. The van der Waals surface area contributed by atoms with Crippen LogP contribution in [0.3, 0.4) is 0 Å². The second kappa shape index (κ2) is 6.26. The first-order chi connectivity index (χ1) is 7.63. The maximum atomic E-state index is 13.0. The van der Waals surface area contributed by atoms with Crippen LogP contribution in [-0.2, 0) is 4.74 Å². The van der Waals surface area contributed by atoms with Gasteiger partial charge in [0.25, 0.3) is 5.95 Å². The summed E-state index contributed by atoms with van der Waals surface area (Å²) in [6.07, 6.45) is 1.15. The molecule has 88 valence electrons. The minimum Gasteiger partial charge on any atom is -0.508 e. The smallest absolute Gasteiger partial charge is 0.508 e. The molecule has 0 saturated carbocycles. The van der Waals surface area contributed by atoms with Crippen LogP contribution in [0.2, 0.25) is 0 Å². The molecule has 0 aliphatic rings. The summed E-state index contributed by atoms with van der Waals surface area (Å²) in [5.74, 6) is -1.11. The lowest BCUT2D eigenvalue weighted by Crippen LogP contribution is -2.21. The molecule has 1 aromatic heterocycles. The molecule has 0 saturated heterocycles. The van der Waals surface area contributed by atoms with Gasteiger partial charge in [0.15, 0.2) is 5.75 Å². The van der Waals surface area contributed by atoms with Crippen molar-refractivity contribution in [2.75, 3.05) is 20.3 Å². The van der Waals surface area contributed by atoms with Crippen molar-refractivity contribution in [3.05, 3.63) is 18.2 Å². The second-order valence-corrected chi connectivity index (χ2v) is 2.75. The lowest BCUT2D eigenvalue weighted by molar-refractivity contribution is 0.146. The van der Waals surface area contributed by atoms with Gasteiger partial charge in [0, 0.05) is 13.2 Å². The monoisotopic (exact) mass is 231 g/mol. The van der Waals surface area contributed by atoms with E-state index in [9.17, 15) is 4.39 Å². The fraction of sp³-hybridized carbons (Fsp3) is 0.375. The van der Waals surface area contributed by atoms with Crippen LogP contribution in [-0.4, -0.2) is 42.7 Å². The number of nitrogens with zero attached hydrogens (tertiary/aromatic N) is 1. The van der Waals surface area contributed by atoms with E-state index in [0.29, 0.717) is 6.61 Å². The van der Waals surface area contributed by atoms with E-state index in [4.69, 9.17) is 19.5 Å². The Morgan fingerprint density at radius 3 is 2.81 bits per heavy atom. The van der Waals surface area contributed by atoms with Crippen molar-refractivity contribution in [2.24, 2.45) is 0 Å². The number of aromatic nitrogens is 1. The van der Waals surface area contributed by atoms with E-state index in [0.717, 1.165) is 12.3 Å². The Morgan fingerprint density at radius 2 is 2.19 bits per heavy atom. The third-order valence-electron chi connectivity index (χ3n) is 1.57. The summed E-state index contributed by atoms with van der Waals surface area (Å²) in [4.78, 5) is 3.33. The van der Waals surface area contributed by atoms with Crippen molar-refractivity contribution in [1.82, 2.24) is 4.98 Å². The molecule has 0 spiro atoms. The molecule has 0 radical (unpaired) electrons. The van der Waals surface area contributed by atoms with E-state index in [2.05, 4.69) is 9.64 Å². The molecule has 1 aromatic rings. The average Bonchev–Trinajstić information content (AvgIpc) is 2.22. The Kier molecular flexibility index (Phi) is 4.97. The van der Waals surface area contributed by atoms with Gasteiger partial charge in [-0.2, -0.15) is 4.39 Å². The highest BCUT2D eigenvalue weighted by Crippen LogP contribution is 2.21. The zero-order valence-electron chi connectivity index (χ0n) is 8.59. The molecule has 0 atom stereocenters. The van der Waals surface area contributed by atoms with Crippen molar-refractivity contribution in [3.8, 4) is 11.5 Å². The maximum Gasteiger partial charge on any atom is 0.707 e. The number of halogens is 1. The quantitative estimate of drug-likeness (QED) is 0.393. The third-order valence-corrected chi connectivity index (χ3v) is 1.57. The van der Waals surface area contributed by atoms with Crippen molar-refractivity contribution >= 4 is 7.32 Å². The topological polar surface area (TPSA) is 81.0 Å². The van der Waals surface area contributed by atoms with E-state index in [-0.39, 0.29) is 12.4 Å². The molecule has 0 fully saturated rings. The minimum absolute atomic E-state index is 0.245. The Morgan fingerprint density at radius 1 is 1.44 bits per heavy atom. The van der Waals surface area contributed by atoms with Gasteiger partial charge in [-0.05, 0) is 0 Å². The predicted octanol–water partition coefficient (Wildman–Crippen LogP) is -0.406. The molecule has 1 rings (SSSR count). The number of pyridine rings is 1. The maximum absolute atomic E-state index is 13.0. The standard InChI is InChI=1S/C8H11BFNO5/c1-14-2-3-15-6-4-7(16-9(12)13)8(10)11-5-6/h4-5,12-13H,2-3H2,1H3. The summed E-state index contributed by atoms with van der Waals surface area (Å²) in [6, 6.07) is 1.16. The minimum atomic E-state index is -2.11. The van der Waals surface area contributed by atoms with Gasteiger partial charge in [0.05, 0.1) is 12.8 Å². The highest BCUT2D eigenvalue weighted by molar-refractivity contribution is 6.33. The van der Waals surface area contributed by atoms with Crippen LogP contribution in [0.15, 0.2) is 12.3 Å². The van der Waals surface area contributed by atoms with Crippen molar-refractivity contribution in [2.45, 2.75) is 0 Å². The van der Waals surface area contributed by atoms with Gasteiger partial charge in [-0.15, -0.1) is 0 Å². The molecule has 16 heavy (non-hydrogen) atoms. The predicted molar refractivity (Wildman–Crippen MR) is 52.4 cm³/mol. The van der Waals surface area contributed by atoms with Gasteiger partial charge in [0.2, 0.25) is 0 Å². The summed E-state index contributed by atoms with van der Waals surface area (Å²) in [6.45, 7) is 0.640. The Balaban J connectivity index is 2.65. The summed E-state index contributed by atoms with van der Waals surface area (Å²) < 4.78 is 27.2. The number of rotatable bonds is 6. The average molecular weight is 231 g/mol. The molecule has 0 bridgehead atoms. The molecule has 0 aromatic carbocycles. The molecular formula is C8H11BFNO5. The van der Waals surface area contributed by atoms with Gasteiger partial charge < -0.3 is 24.2 Å². The summed E-state index contributed by atoms with van der Waals surface area (Å²) in [5, 5.41) is 17.0. The Labute approximate surface area is 91.8 Å². The fourth-order valence-electron chi connectivity index (χ4n) is 0.928. The van der Waals surface area contributed by atoms with Crippen molar-refractivity contribution < 1.29 is 28.6 Å². The van der Waals surface area contributed by atoms with Crippen LogP contribution < -0.4 is 9.39 Å². The Hall–Kier alpha value is -1.38. The molecule has 0 unspecified atom stereocenters. The Bertz CT molecular complexity index is 338. The van der Waals surface area contributed by atoms with Crippen molar-refractivity contribution in [3.63, 3.8) is 0 Å². The van der Waals surface area contributed by atoms with Crippen molar-refractivity contribution in [1.29, 1.82) is 0 Å². The van der Waals surface area contributed by atoms with Gasteiger partial charge >= 0.3 is 7.32 Å². The van der Waals surface area contributed by atoms with Crippen LogP contribution in [0, 0.1) is 5.95 Å². The summed E-state index contributed by atoms with van der Waals surface area (Å²) >= 11 is 0. The molecule has 8 heteroatoms. The normalized spacial score (nSPS) is 10.0. The molecule has 2 N–H and O–H groups in total. The van der Waals surface area contributed by atoms with Gasteiger partial charge in [-0.25, -0.2) is 4.98 Å². The molecule has 0 aliphatic carbocycles. The third kappa shape index (κ3) is 4.01. The second-order valence-electron chi connectivity index (χ2n) is 2.75.